The number of nitrogens with zero attached hydrogens (tertiary/aromatic N) is 5. The predicted molar refractivity (Wildman–Crippen MR) is 75.5 cm³/mol. The summed E-state index contributed by atoms with van der Waals surface area (Å²) >= 11 is 0. The third-order valence-electron chi connectivity index (χ3n) is 3.25. The number of pyridine rings is 1. The lowest BCUT2D eigenvalue weighted by atomic mass is 10.2. The average Bonchev–Trinajstić information content (AvgIpc) is 3.14. The highest BCUT2D eigenvalue weighted by molar-refractivity contribution is 5.76. The van der Waals surface area contributed by atoms with Crippen molar-refractivity contribution in [2.24, 2.45) is 0 Å². The Morgan fingerprint density at radius 2 is 1.75 bits per heavy atom. The van der Waals surface area contributed by atoms with Crippen molar-refractivity contribution >= 4 is 5.52 Å². The van der Waals surface area contributed by atoms with Gasteiger partial charge >= 0.3 is 0 Å². The van der Waals surface area contributed by atoms with Gasteiger partial charge in [0.25, 0.3) is 0 Å². The minimum Gasteiger partial charge on any atom is -0.282 e. The van der Waals surface area contributed by atoms with Gasteiger partial charge in [-0.15, -0.1) is 10.2 Å². The molecule has 0 aliphatic carbocycles. The molecular weight excluding hydrogens is 250 g/mol. The third kappa shape index (κ3) is 1.60. The second kappa shape index (κ2) is 4.31. The second-order valence-electron chi connectivity index (χ2n) is 4.45. The van der Waals surface area contributed by atoms with E-state index in [-0.39, 0.29) is 0 Å². The standard InChI is InChI=1S/C15H11N5/c1-2-6-12(7-3-1)19-11-16-18-15(19)13-10-17-20-9-5-4-8-14(13)20/h1-11H. The van der Waals surface area contributed by atoms with Gasteiger partial charge in [0.15, 0.2) is 5.82 Å². The van der Waals surface area contributed by atoms with Crippen LogP contribution < -0.4 is 0 Å². The zero-order valence-corrected chi connectivity index (χ0v) is 10.6. The van der Waals surface area contributed by atoms with Gasteiger partial charge < -0.3 is 0 Å². The van der Waals surface area contributed by atoms with Crippen LogP contribution in [0.15, 0.2) is 67.3 Å². The van der Waals surface area contributed by atoms with Crippen LogP contribution in [0.3, 0.4) is 0 Å². The number of rotatable bonds is 2. The van der Waals surface area contributed by atoms with E-state index in [4.69, 9.17) is 0 Å². The molecule has 0 radical (unpaired) electrons. The average molecular weight is 261 g/mol. The van der Waals surface area contributed by atoms with Crippen molar-refractivity contribution in [3.63, 3.8) is 0 Å². The van der Waals surface area contributed by atoms with E-state index in [0.29, 0.717) is 0 Å². The van der Waals surface area contributed by atoms with Crippen LogP contribution in [0.25, 0.3) is 22.6 Å². The quantitative estimate of drug-likeness (QED) is 0.557. The van der Waals surface area contributed by atoms with Gasteiger partial charge in [-0.1, -0.05) is 24.3 Å². The molecule has 96 valence electrons. The summed E-state index contributed by atoms with van der Waals surface area (Å²) in [6.45, 7) is 0. The molecule has 1 aromatic carbocycles. The molecule has 0 fully saturated rings. The molecule has 4 rings (SSSR count). The van der Waals surface area contributed by atoms with Crippen LogP contribution in [-0.2, 0) is 0 Å². The summed E-state index contributed by atoms with van der Waals surface area (Å²) in [6.07, 6.45) is 5.46. The molecule has 5 heteroatoms. The van der Waals surface area contributed by atoms with Crippen molar-refractivity contribution < 1.29 is 0 Å². The molecule has 5 nitrogen and oxygen atoms in total. The number of para-hydroxylation sites is 1. The van der Waals surface area contributed by atoms with Gasteiger partial charge in [-0.2, -0.15) is 5.10 Å². The lowest BCUT2D eigenvalue weighted by Crippen LogP contribution is -1.95. The Hall–Kier alpha value is -2.95. The Bertz CT molecular complexity index is 860. The Balaban J connectivity index is 1.94. The fourth-order valence-electron chi connectivity index (χ4n) is 2.30. The smallest absolute Gasteiger partial charge is 0.172 e. The molecule has 0 unspecified atom stereocenters. The summed E-state index contributed by atoms with van der Waals surface area (Å²) in [5.41, 5.74) is 3.01. The van der Waals surface area contributed by atoms with Crippen LogP contribution in [0.4, 0.5) is 0 Å². The number of aromatic nitrogens is 5. The Kier molecular flexibility index (Phi) is 2.35. The van der Waals surface area contributed by atoms with E-state index in [9.17, 15) is 0 Å². The molecule has 4 aromatic rings. The molecule has 3 aromatic heterocycles. The molecule has 0 bridgehead atoms. The van der Waals surface area contributed by atoms with Gasteiger partial charge in [-0.3, -0.25) is 4.57 Å². The van der Waals surface area contributed by atoms with Crippen LogP contribution in [-0.4, -0.2) is 24.4 Å². The van der Waals surface area contributed by atoms with E-state index in [0.717, 1.165) is 22.6 Å². The normalized spacial score (nSPS) is 11.0. The second-order valence-corrected chi connectivity index (χ2v) is 4.45. The summed E-state index contributed by atoms with van der Waals surface area (Å²) in [5.74, 6) is 0.789. The first kappa shape index (κ1) is 10.9. The number of hydrogen-bond donors (Lipinski definition) is 0. The Morgan fingerprint density at radius 1 is 0.900 bits per heavy atom. The van der Waals surface area contributed by atoms with Crippen LogP contribution >= 0.6 is 0 Å². The largest absolute Gasteiger partial charge is 0.282 e. The molecule has 0 amide bonds. The summed E-state index contributed by atoms with van der Waals surface area (Å²) in [4.78, 5) is 0. The van der Waals surface area contributed by atoms with Crippen molar-refractivity contribution in [2.45, 2.75) is 0 Å². The maximum absolute atomic E-state index is 4.34. The lowest BCUT2D eigenvalue weighted by molar-refractivity contribution is 0.961. The van der Waals surface area contributed by atoms with Crippen molar-refractivity contribution in [3.8, 4) is 17.1 Å². The predicted octanol–water partition coefficient (Wildman–Crippen LogP) is 2.58. The highest BCUT2D eigenvalue weighted by atomic mass is 15.3. The molecule has 20 heavy (non-hydrogen) atoms. The van der Waals surface area contributed by atoms with Gasteiger partial charge in [0.1, 0.15) is 6.33 Å². The summed E-state index contributed by atoms with van der Waals surface area (Å²) < 4.78 is 3.80. The summed E-state index contributed by atoms with van der Waals surface area (Å²) in [6, 6.07) is 16.0. The number of fused-ring (bicyclic) bond motifs is 1. The topological polar surface area (TPSA) is 48.0 Å². The maximum Gasteiger partial charge on any atom is 0.172 e. The van der Waals surface area contributed by atoms with Crippen molar-refractivity contribution in [3.05, 3.63) is 67.3 Å². The van der Waals surface area contributed by atoms with Crippen molar-refractivity contribution in [1.82, 2.24) is 24.4 Å². The minimum absolute atomic E-state index is 0.789. The monoisotopic (exact) mass is 261 g/mol. The lowest BCUT2D eigenvalue weighted by Gasteiger charge is -2.05. The SMILES string of the molecule is c1ccc(-n2cnnc2-c2cnn3ccccc23)cc1. The summed E-state index contributed by atoms with van der Waals surface area (Å²) in [5, 5.41) is 12.6. The summed E-state index contributed by atoms with van der Waals surface area (Å²) in [7, 11) is 0. The molecule has 0 N–H and O–H groups in total. The molecule has 0 saturated carbocycles. The van der Waals surface area contributed by atoms with Crippen LogP contribution in [0.2, 0.25) is 0 Å². The zero-order chi connectivity index (χ0) is 13.4. The maximum atomic E-state index is 4.34. The highest BCUT2D eigenvalue weighted by Crippen LogP contribution is 2.24. The van der Waals surface area contributed by atoms with Gasteiger partial charge in [-0.05, 0) is 24.3 Å². The molecule has 0 spiro atoms. The fourth-order valence-corrected chi connectivity index (χ4v) is 2.30. The van der Waals surface area contributed by atoms with Crippen molar-refractivity contribution in [1.29, 1.82) is 0 Å². The van der Waals surface area contributed by atoms with Gasteiger partial charge in [0.2, 0.25) is 0 Å². The van der Waals surface area contributed by atoms with E-state index in [1.165, 1.54) is 0 Å². The minimum atomic E-state index is 0.789. The van der Waals surface area contributed by atoms with Crippen LogP contribution in [0.1, 0.15) is 0 Å². The highest BCUT2D eigenvalue weighted by Gasteiger charge is 2.13. The van der Waals surface area contributed by atoms with E-state index < -0.39 is 0 Å². The Labute approximate surface area is 115 Å². The molecule has 3 heterocycles. The molecule has 0 atom stereocenters. The number of benzene rings is 1. The van der Waals surface area contributed by atoms with Crippen molar-refractivity contribution in [2.75, 3.05) is 0 Å². The van der Waals surface area contributed by atoms with Crippen LogP contribution in [0, 0.1) is 0 Å². The third-order valence-corrected chi connectivity index (χ3v) is 3.25. The van der Waals surface area contributed by atoms with Gasteiger partial charge in [0.05, 0.1) is 17.3 Å². The fraction of sp³-hybridized carbons (Fsp3) is 0. The van der Waals surface area contributed by atoms with Gasteiger partial charge in [-0.25, -0.2) is 4.52 Å². The first-order valence-corrected chi connectivity index (χ1v) is 6.32. The van der Waals surface area contributed by atoms with E-state index >= 15 is 0 Å². The molecule has 0 aliphatic rings. The molecule has 0 saturated heterocycles. The molecular formula is C15H11N5. The Morgan fingerprint density at radius 3 is 2.65 bits per heavy atom. The van der Waals surface area contributed by atoms with E-state index in [1.54, 1.807) is 6.33 Å². The zero-order valence-electron chi connectivity index (χ0n) is 10.6. The van der Waals surface area contributed by atoms with E-state index in [1.807, 2.05) is 70.0 Å². The first-order chi connectivity index (χ1) is 9.93. The molecule has 0 aliphatic heterocycles. The first-order valence-electron chi connectivity index (χ1n) is 6.32. The van der Waals surface area contributed by atoms with Crippen LogP contribution in [0.5, 0.6) is 0 Å². The number of hydrogen-bond acceptors (Lipinski definition) is 3. The van der Waals surface area contributed by atoms with Gasteiger partial charge in [0, 0.05) is 11.9 Å². The van der Waals surface area contributed by atoms with E-state index in [2.05, 4.69) is 15.3 Å².